The minimum absolute atomic E-state index is 0.0594. The number of carbonyl (C=O) groups is 2. The fraction of sp³-hybridized carbons (Fsp3) is 0.111. The number of carboxylic acid groups (broad SMARTS) is 1. The molecule has 0 radical (unpaired) electrons. The lowest BCUT2D eigenvalue weighted by Crippen LogP contribution is -2.31. The number of benzene rings is 1. The summed E-state index contributed by atoms with van der Waals surface area (Å²) in [6.07, 6.45) is 0. The van der Waals surface area contributed by atoms with Crippen molar-refractivity contribution in [3.63, 3.8) is 0 Å². The van der Waals surface area contributed by atoms with Crippen molar-refractivity contribution in [2.45, 2.75) is 0 Å². The third kappa shape index (κ3) is 4.79. The smallest absolute Gasteiger partial charge is 0.343 e. The molecular weight excluding hydrogens is 299 g/mol. The zero-order valence-electron chi connectivity index (χ0n) is 8.37. The van der Waals surface area contributed by atoms with Crippen molar-refractivity contribution >= 4 is 33.6 Å². The summed E-state index contributed by atoms with van der Waals surface area (Å²) in [6.45, 7) is -0.686. The summed E-state index contributed by atoms with van der Waals surface area (Å²) in [6, 6.07) is 3.12. The van der Waals surface area contributed by atoms with Gasteiger partial charge in [0.25, 0.3) is 0 Å². The van der Waals surface area contributed by atoms with Crippen LogP contribution >= 0.6 is 15.9 Å². The average molecular weight is 307 g/mol. The van der Waals surface area contributed by atoms with Crippen LogP contribution in [0.5, 0.6) is 0 Å². The first-order valence-corrected chi connectivity index (χ1v) is 5.14. The predicted molar refractivity (Wildman–Crippen MR) is 59.8 cm³/mol. The van der Waals surface area contributed by atoms with E-state index in [2.05, 4.69) is 26.1 Å². The third-order valence-corrected chi connectivity index (χ3v) is 2.03. The molecule has 0 heterocycles. The molecule has 92 valence electrons. The van der Waals surface area contributed by atoms with E-state index in [1.54, 1.807) is 5.48 Å². The molecule has 1 rings (SSSR count). The number of anilines is 1. The molecule has 0 saturated heterocycles. The molecular formula is C9H8BrFN2O4. The molecule has 0 spiro atoms. The van der Waals surface area contributed by atoms with Gasteiger partial charge in [-0.3, -0.25) is 4.84 Å². The quantitative estimate of drug-likeness (QED) is 0.739. The molecule has 1 aromatic carbocycles. The number of aliphatic carboxylic acids is 1. The Morgan fingerprint density at radius 3 is 2.82 bits per heavy atom. The van der Waals surface area contributed by atoms with E-state index >= 15 is 0 Å². The van der Waals surface area contributed by atoms with Crippen molar-refractivity contribution in [1.29, 1.82) is 0 Å². The second kappa shape index (κ2) is 6.16. The lowest BCUT2D eigenvalue weighted by atomic mass is 10.3. The van der Waals surface area contributed by atoms with Gasteiger partial charge in [-0.05, 0) is 18.2 Å². The Morgan fingerprint density at radius 2 is 2.18 bits per heavy atom. The number of urea groups is 1. The number of hydrogen-bond acceptors (Lipinski definition) is 3. The van der Waals surface area contributed by atoms with Gasteiger partial charge < -0.3 is 10.4 Å². The van der Waals surface area contributed by atoms with Crippen LogP contribution in [0.3, 0.4) is 0 Å². The van der Waals surface area contributed by atoms with Gasteiger partial charge in [0, 0.05) is 4.47 Å². The van der Waals surface area contributed by atoms with Gasteiger partial charge in [0.05, 0.1) is 5.69 Å². The van der Waals surface area contributed by atoms with Crippen LogP contribution in [0.15, 0.2) is 22.7 Å². The number of carbonyl (C=O) groups excluding carboxylic acids is 1. The van der Waals surface area contributed by atoms with Gasteiger partial charge >= 0.3 is 12.0 Å². The highest BCUT2D eigenvalue weighted by Gasteiger charge is 2.07. The SMILES string of the molecule is O=C(O)CONC(=O)Nc1cc(Br)ccc1F. The Kier molecular flexibility index (Phi) is 4.85. The molecule has 0 unspecified atom stereocenters. The minimum atomic E-state index is -1.24. The molecule has 1 aromatic rings. The highest BCUT2D eigenvalue weighted by atomic mass is 79.9. The van der Waals surface area contributed by atoms with Crippen LogP contribution in [0, 0.1) is 5.82 Å². The van der Waals surface area contributed by atoms with Crippen molar-refractivity contribution < 1.29 is 23.9 Å². The maximum absolute atomic E-state index is 13.2. The number of carboxylic acids is 1. The van der Waals surface area contributed by atoms with E-state index in [4.69, 9.17) is 5.11 Å². The molecule has 8 heteroatoms. The largest absolute Gasteiger partial charge is 0.479 e. The molecule has 17 heavy (non-hydrogen) atoms. The standard InChI is InChI=1S/C9H8BrFN2O4/c10-5-1-2-6(11)7(3-5)12-9(16)13-17-4-8(14)15/h1-3H,4H2,(H,14,15)(H2,12,13,16). The van der Waals surface area contributed by atoms with E-state index in [0.717, 1.165) is 6.07 Å². The van der Waals surface area contributed by atoms with Crippen LogP contribution in [-0.2, 0) is 9.63 Å². The molecule has 0 aliphatic rings. The minimum Gasteiger partial charge on any atom is -0.479 e. The molecule has 0 aromatic heterocycles. The van der Waals surface area contributed by atoms with Gasteiger partial charge in [0.1, 0.15) is 5.82 Å². The summed E-state index contributed by atoms with van der Waals surface area (Å²) in [5.74, 6) is -1.86. The highest BCUT2D eigenvalue weighted by Crippen LogP contribution is 2.19. The van der Waals surface area contributed by atoms with Crippen molar-refractivity contribution in [3.8, 4) is 0 Å². The first kappa shape index (κ1) is 13.4. The normalized spacial score (nSPS) is 9.76. The molecule has 0 saturated carbocycles. The molecule has 0 aliphatic carbocycles. The van der Waals surface area contributed by atoms with Crippen molar-refractivity contribution in [2.24, 2.45) is 0 Å². The summed E-state index contributed by atoms with van der Waals surface area (Å²) in [5.41, 5.74) is 1.74. The van der Waals surface area contributed by atoms with Crippen LogP contribution in [0.25, 0.3) is 0 Å². The average Bonchev–Trinajstić information content (AvgIpc) is 2.23. The number of nitrogens with one attached hydrogen (secondary N) is 2. The summed E-state index contributed by atoms with van der Waals surface area (Å²) in [5, 5.41) is 10.4. The molecule has 2 amide bonds. The van der Waals surface area contributed by atoms with Crippen LogP contribution in [0.1, 0.15) is 0 Å². The Hall–Kier alpha value is -1.67. The van der Waals surface area contributed by atoms with Gasteiger partial charge in [-0.25, -0.2) is 19.5 Å². The second-order valence-electron chi connectivity index (χ2n) is 2.86. The third-order valence-electron chi connectivity index (χ3n) is 1.54. The van der Waals surface area contributed by atoms with Gasteiger partial charge in [0.15, 0.2) is 6.61 Å². The zero-order valence-corrected chi connectivity index (χ0v) is 9.95. The topological polar surface area (TPSA) is 87.7 Å². The maximum atomic E-state index is 13.2. The highest BCUT2D eigenvalue weighted by molar-refractivity contribution is 9.10. The maximum Gasteiger partial charge on any atom is 0.343 e. The van der Waals surface area contributed by atoms with Crippen LogP contribution < -0.4 is 10.8 Å². The predicted octanol–water partition coefficient (Wildman–Crippen LogP) is 1.73. The summed E-state index contributed by atoms with van der Waals surface area (Å²) < 4.78 is 13.8. The van der Waals surface area contributed by atoms with Gasteiger partial charge in [-0.2, -0.15) is 0 Å². The second-order valence-corrected chi connectivity index (χ2v) is 3.78. The Balaban J connectivity index is 2.50. The molecule has 3 N–H and O–H groups in total. The van der Waals surface area contributed by atoms with Crippen molar-refractivity contribution in [1.82, 2.24) is 5.48 Å². The Morgan fingerprint density at radius 1 is 1.47 bits per heavy atom. The Bertz CT molecular complexity index is 441. The van der Waals surface area contributed by atoms with Crippen LogP contribution in [0.2, 0.25) is 0 Å². The van der Waals surface area contributed by atoms with E-state index in [9.17, 15) is 14.0 Å². The molecule has 0 fully saturated rings. The number of hydroxylamine groups is 1. The number of halogens is 2. The van der Waals surface area contributed by atoms with E-state index in [-0.39, 0.29) is 5.69 Å². The number of rotatable bonds is 4. The van der Waals surface area contributed by atoms with E-state index in [0.29, 0.717) is 4.47 Å². The molecule has 0 aliphatic heterocycles. The fourth-order valence-corrected chi connectivity index (χ4v) is 1.27. The zero-order chi connectivity index (χ0) is 12.8. The number of hydrogen-bond donors (Lipinski definition) is 3. The first-order valence-electron chi connectivity index (χ1n) is 4.34. The lowest BCUT2D eigenvalue weighted by molar-refractivity contribution is -0.143. The molecule has 6 nitrogen and oxygen atoms in total. The molecule has 0 bridgehead atoms. The van der Waals surface area contributed by atoms with Crippen molar-refractivity contribution in [2.75, 3.05) is 11.9 Å². The summed E-state index contributed by atoms with van der Waals surface area (Å²) >= 11 is 3.11. The summed E-state index contributed by atoms with van der Waals surface area (Å²) in [7, 11) is 0. The molecule has 0 atom stereocenters. The fourth-order valence-electron chi connectivity index (χ4n) is 0.904. The summed E-state index contributed by atoms with van der Waals surface area (Å²) in [4.78, 5) is 25.5. The van der Waals surface area contributed by atoms with Gasteiger partial charge in [-0.1, -0.05) is 15.9 Å². The van der Waals surface area contributed by atoms with Crippen LogP contribution in [0.4, 0.5) is 14.9 Å². The van der Waals surface area contributed by atoms with E-state index in [1.165, 1.54) is 12.1 Å². The first-order chi connectivity index (χ1) is 7.99. The lowest BCUT2D eigenvalue weighted by Gasteiger charge is -2.07. The van der Waals surface area contributed by atoms with E-state index < -0.39 is 24.4 Å². The monoisotopic (exact) mass is 306 g/mol. The number of amides is 2. The van der Waals surface area contributed by atoms with Gasteiger partial charge in [-0.15, -0.1) is 0 Å². The van der Waals surface area contributed by atoms with Crippen LogP contribution in [-0.4, -0.2) is 23.7 Å². The van der Waals surface area contributed by atoms with Crippen molar-refractivity contribution in [3.05, 3.63) is 28.5 Å². The Labute approximate surface area is 104 Å². The van der Waals surface area contributed by atoms with E-state index in [1.807, 2.05) is 0 Å². The van der Waals surface area contributed by atoms with Gasteiger partial charge in [0.2, 0.25) is 0 Å².